The van der Waals surface area contributed by atoms with Gasteiger partial charge in [-0.2, -0.15) is 0 Å². The van der Waals surface area contributed by atoms with E-state index in [-0.39, 0.29) is 0 Å². The topological polar surface area (TPSA) is 0 Å². The van der Waals surface area contributed by atoms with E-state index in [9.17, 15) is 0 Å². The summed E-state index contributed by atoms with van der Waals surface area (Å²) in [6.45, 7) is 0. The molecule has 0 bridgehead atoms. The van der Waals surface area contributed by atoms with Gasteiger partial charge in [-0.15, -0.1) is 0 Å². The summed E-state index contributed by atoms with van der Waals surface area (Å²) in [6.07, 6.45) is 17.5. The second-order valence-corrected chi connectivity index (χ2v) is 2.64. The minimum absolute atomic E-state index is 1.20. The summed E-state index contributed by atoms with van der Waals surface area (Å²) in [5, 5.41) is 0. The summed E-state index contributed by atoms with van der Waals surface area (Å²) in [7, 11) is 0. The van der Waals surface area contributed by atoms with Crippen LogP contribution in [-0.4, -0.2) is 0 Å². The molecule has 0 heterocycles. The summed E-state index contributed by atoms with van der Waals surface area (Å²) in [5.74, 6) is 0. The first kappa shape index (κ1) is 7.59. The highest BCUT2D eigenvalue weighted by molar-refractivity contribution is 4.97. The third-order valence-electron chi connectivity index (χ3n) is 1.68. The van der Waals surface area contributed by atoms with Crippen LogP contribution >= 0.6 is 0 Å². The second-order valence-electron chi connectivity index (χ2n) is 2.64. The quantitative estimate of drug-likeness (QED) is 0.447. The van der Waals surface area contributed by atoms with Crippen LogP contribution in [0.1, 0.15) is 32.1 Å². The van der Waals surface area contributed by atoms with E-state index in [2.05, 4.69) is 30.7 Å². The molecular formula is C10H15. The average molecular weight is 135 g/mol. The Balaban J connectivity index is 2.23. The van der Waals surface area contributed by atoms with Crippen LogP contribution in [0.2, 0.25) is 0 Å². The highest BCUT2D eigenvalue weighted by atomic mass is 13.9. The van der Waals surface area contributed by atoms with Gasteiger partial charge in [0.25, 0.3) is 0 Å². The van der Waals surface area contributed by atoms with Gasteiger partial charge in [0.05, 0.1) is 0 Å². The van der Waals surface area contributed by atoms with Crippen LogP contribution < -0.4 is 0 Å². The maximum absolute atomic E-state index is 2.30. The Bertz CT molecular complexity index is 104. The van der Waals surface area contributed by atoms with Gasteiger partial charge in [0, 0.05) is 0 Å². The van der Waals surface area contributed by atoms with Crippen molar-refractivity contribution in [2.24, 2.45) is 0 Å². The van der Waals surface area contributed by atoms with Gasteiger partial charge in [-0.3, -0.25) is 0 Å². The van der Waals surface area contributed by atoms with Crippen LogP contribution in [0.15, 0.2) is 24.3 Å². The van der Waals surface area contributed by atoms with E-state index < -0.39 is 0 Å². The zero-order valence-electron chi connectivity index (χ0n) is 6.42. The van der Waals surface area contributed by atoms with Crippen molar-refractivity contribution in [3.63, 3.8) is 0 Å². The molecular weight excluding hydrogens is 120 g/mol. The van der Waals surface area contributed by atoms with E-state index in [1.807, 2.05) is 0 Å². The van der Waals surface area contributed by atoms with Gasteiger partial charge < -0.3 is 0 Å². The van der Waals surface area contributed by atoms with E-state index in [0.717, 1.165) is 0 Å². The van der Waals surface area contributed by atoms with Gasteiger partial charge in [0.2, 0.25) is 0 Å². The molecule has 0 saturated carbocycles. The fourth-order valence-electron chi connectivity index (χ4n) is 1.07. The molecule has 0 aromatic rings. The Kier molecular flexibility index (Phi) is 4.00. The zero-order valence-corrected chi connectivity index (χ0v) is 6.42. The molecule has 0 aromatic heterocycles. The first-order valence-corrected chi connectivity index (χ1v) is 4.13. The third-order valence-corrected chi connectivity index (χ3v) is 1.68. The first-order chi connectivity index (χ1) is 5.00. The van der Waals surface area contributed by atoms with Crippen molar-refractivity contribution in [3.05, 3.63) is 30.7 Å². The van der Waals surface area contributed by atoms with Crippen molar-refractivity contribution in [1.82, 2.24) is 0 Å². The lowest BCUT2D eigenvalue weighted by Gasteiger charge is -1.95. The van der Waals surface area contributed by atoms with Crippen molar-refractivity contribution in [2.45, 2.75) is 32.1 Å². The molecule has 0 saturated heterocycles. The monoisotopic (exact) mass is 135 g/mol. The largest absolute Gasteiger partial charge is 0.0885 e. The van der Waals surface area contributed by atoms with E-state index in [0.29, 0.717) is 0 Å². The van der Waals surface area contributed by atoms with Gasteiger partial charge >= 0.3 is 0 Å². The van der Waals surface area contributed by atoms with Crippen molar-refractivity contribution >= 4 is 0 Å². The van der Waals surface area contributed by atoms with Crippen LogP contribution in [0.4, 0.5) is 0 Å². The molecule has 1 aliphatic carbocycles. The van der Waals surface area contributed by atoms with Crippen LogP contribution in [0.3, 0.4) is 0 Å². The lowest BCUT2D eigenvalue weighted by Crippen LogP contribution is -1.76. The molecule has 0 heteroatoms. The maximum atomic E-state index is 2.30. The Morgan fingerprint density at radius 3 is 2.50 bits per heavy atom. The van der Waals surface area contributed by atoms with Crippen molar-refractivity contribution in [3.8, 4) is 0 Å². The van der Waals surface area contributed by atoms with Crippen molar-refractivity contribution in [2.75, 3.05) is 0 Å². The number of allylic oxidation sites excluding steroid dienone is 4. The zero-order chi connectivity index (χ0) is 7.07. The molecule has 0 aliphatic heterocycles. The first-order valence-electron chi connectivity index (χ1n) is 4.13. The number of hydrogen-bond donors (Lipinski definition) is 0. The summed E-state index contributed by atoms with van der Waals surface area (Å²) in [5.41, 5.74) is 0. The molecule has 0 unspecified atom stereocenters. The van der Waals surface area contributed by atoms with Crippen molar-refractivity contribution < 1.29 is 0 Å². The lowest BCUT2D eigenvalue weighted by molar-refractivity contribution is 0.833. The molecule has 1 aliphatic rings. The fraction of sp³-hybridized carbons (Fsp3) is 0.500. The third kappa shape index (κ3) is 3.49. The normalized spacial score (nSPS) is 27.2. The van der Waals surface area contributed by atoms with Gasteiger partial charge in [-0.25, -0.2) is 0 Å². The number of rotatable bonds is 0. The van der Waals surface area contributed by atoms with Gasteiger partial charge in [0.1, 0.15) is 0 Å². The maximum Gasteiger partial charge on any atom is -0.0170 e. The van der Waals surface area contributed by atoms with Gasteiger partial charge in [-0.05, 0) is 38.5 Å². The van der Waals surface area contributed by atoms with Crippen LogP contribution in [0.25, 0.3) is 0 Å². The molecule has 10 heavy (non-hydrogen) atoms. The molecule has 0 atom stereocenters. The summed E-state index contributed by atoms with van der Waals surface area (Å²) in [4.78, 5) is 0. The Morgan fingerprint density at radius 2 is 1.50 bits per heavy atom. The minimum Gasteiger partial charge on any atom is -0.0885 e. The smallest absolute Gasteiger partial charge is 0.0170 e. The highest BCUT2D eigenvalue weighted by Gasteiger charge is 1.86. The second kappa shape index (κ2) is 5.28. The molecule has 0 amide bonds. The van der Waals surface area contributed by atoms with E-state index >= 15 is 0 Å². The standard InChI is InChI=1S/C10H15/c1-2-4-6-8-10-9-7-5-3-1/h1-3,8,10H,4-7,9H2/b2-1-,10-8-. The molecule has 55 valence electrons. The molecule has 0 nitrogen and oxygen atoms in total. The molecule has 0 fully saturated rings. The summed E-state index contributed by atoms with van der Waals surface area (Å²) in [6, 6.07) is 0. The molecule has 0 N–H and O–H groups in total. The minimum atomic E-state index is 1.20. The Morgan fingerprint density at radius 1 is 0.700 bits per heavy atom. The van der Waals surface area contributed by atoms with Gasteiger partial charge in [0.15, 0.2) is 0 Å². The molecule has 1 radical (unpaired) electrons. The Hall–Kier alpha value is -0.520. The summed E-state index contributed by atoms with van der Waals surface area (Å²) < 4.78 is 0. The predicted molar refractivity (Wildman–Crippen MR) is 45.7 cm³/mol. The number of hydrogen-bond acceptors (Lipinski definition) is 0. The van der Waals surface area contributed by atoms with Crippen LogP contribution in [-0.2, 0) is 0 Å². The summed E-state index contributed by atoms with van der Waals surface area (Å²) >= 11 is 0. The lowest BCUT2D eigenvalue weighted by atomic mass is 10.1. The van der Waals surface area contributed by atoms with E-state index in [4.69, 9.17) is 0 Å². The predicted octanol–water partition coefficient (Wildman–Crippen LogP) is 3.27. The molecule has 0 spiro atoms. The highest BCUT2D eigenvalue weighted by Crippen LogP contribution is 2.05. The van der Waals surface area contributed by atoms with Crippen molar-refractivity contribution in [1.29, 1.82) is 0 Å². The van der Waals surface area contributed by atoms with E-state index in [1.54, 1.807) is 0 Å². The molecule has 1 rings (SSSR count). The average Bonchev–Trinajstić information content (AvgIpc) is 2.01. The van der Waals surface area contributed by atoms with Crippen LogP contribution in [0.5, 0.6) is 0 Å². The SMILES string of the molecule is [CH]1/C=C\CC/C=C\CCC1. The van der Waals surface area contributed by atoms with E-state index in [1.165, 1.54) is 32.1 Å². The van der Waals surface area contributed by atoms with Gasteiger partial charge in [-0.1, -0.05) is 24.3 Å². The molecule has 0 aromatic carbocycles. The fourth-order valence-corrected chi connectivity index (χ4v) is 1.07. The Labute approximate surface area is 63.6 Å². The van der Waals surface area contributed by atoms with Crippen LogP contribution in [0, 0.1) is 6.42 Å².